The number of carbonyl (C=O) groups excluding carboxylic acids is 1. The molecule has 2 saturated heterocycles. The van der Waals surface area contributed by atoms with Crippen LogP contribution in [0.1, 0.15) is 25.7 Å². The number of carbonyl (C=O) groups is 1. The van der Waals surface area contributed by atoms with Gasteiger partial charge in [0.1, 0.15) is 0 Å². The van der Waals surface area contributed by atoms with Crippen molar-refractivity contribution in [2.75, 3.05) is 33.3 Å². The molecule has 0 aliphatic carbocycles. The van der Waals surface area contributed by atoms with Gasteiger partial charge in [-0.1, -0.05) is 0 Å². The number of nitrogens with zero attached hydrogens (tertiary/aromatic N) is 1. The number of amides is 1. The van der Waals surface area contributed by atoms with Crippen LogP contribution >= 0.6 is 0 Å². The molecule has 4 heteroatoms. The van der Waals surface area contributed by atoms with Crippen LogP contribution in [-0.4, -0.2) is 50.2 Å². The highest BCUT2D eigenvalue weighted by molar-refractivity contribution is 5.78. The smallest absolute Gasteiger partial charge is 0.224 e. The predicted molar refractivity (Wildman–Crippen MR) is 62.2 cm³/mol. The van der Waals surface area contributed by atoms with Gasteiger partial charge in [-0.3, -0.25) is 4.79 Å². The molecule has 1 N–H and O–H groups in total. The molecule has 2 heterocycles. The van der Waals surface area contributed by atoms with Gasteiger partial charge >= 0.3 is 0 Å². The van der Waals surface area contributed by atoms with Gasteiger partial charge in [0.15, 0.2) is 0 Å². The van der Waals surface area contributed by atoms with Crippen molar-refractivity contribution in [2.24, 2.45) is 5.92 Å². The van der Waals surface area contributed by atoms with E-state index in [1.54, 1.807) is 0 Å². The standard InChI is InChI=1S/C12H22N2O2/c1-14-6-2-4-10(9-14)12(15)13-8-11-5-3-7-16-11/h10-11H,2-9H2,1H3,(H,13,15)/t10-,11-/m1/s1. The summed E-state index contributed by atoms with van der Waals surface area (Å²) in [4.78, 5) is 14.1. The summed E-state index contributed by atoms with van der Waals surface area (Å²) in [6, 6.07) is 0. The number of nitrogens with one attached hydrogen (secondary N) is 1. The Hall–Kier alpha value is -0.610. The number of rotatable bonds is 3. The van der Waals surface area contributed by atoms with E-state index in [1.165, 1.54) is 0 Å². The van der Waals surface area contributed by atoms with Crippen molar-refractivity contribution in [3.63, 3.8) is 0 Å². The van der Waals surface area contributed by atoms with E-state index < -0.39 is 0 Å². The van der Waals surface area contributed by atoms with Crippen molar-refractivity contribution in [3.8, 4) is 0 Å². The van der Waals surface area contributed by atoms with E-state index in [-0.39, 0.29) is 17.9 Å². The molecule has 2 aliphatic heterocycles. The minimum Gasteiger partial charge on any atom is -0.376 e. The average molecular weight is 226 g/mol. The second-order valence-corrected chi connectivity index (χ2v) is 4.98. The number of hydrogen-bond donors (Lipinski definition) is 1. The molecule has 0 saturated carbocycles. The van der Waals surface area contributed by atoms with E-state index in [0.29, 0.717) is 6.54 Å². The molecule has 0 aromatic heterocycles. The highest BCUT2D eigenvalue weighted by atomic mass is 16.5. The zero-order valence-electron chi connectivity index (χ0n) is 10.1. The molecule has 0 spiro atoms. The van der Waals surface area contributed by atoms with Gasteiger partial charge in [0.25, 0.3) is 0 Å². The van der Waals surface area contributed by atoms with Crippen molar-refractivity contribution in [3.05, 3.63) is 0 Å². The van der Waals surface area contributed by atoms with Crippen LogP contribution in [0.15, 0.2) is 0 Å². The molecular formula is C12H22N2O2. The Balaban J connectivity index is 1.70. The first-order valence-electron chi connectivity index (χ1n) is 6.33. The normalized spacial score (nSPS) is 31.6. The van der Waals surface area contributed by atoms with Gasteiger partial charge in [0.05, 0.1) is 12.0 Å². The average Bonchev–Trinajstić information content (AvgIpc) is 2.78. The van der Waals surface area contributed by atoms with E-state index in [1.807, 2.05) is 0 Å². The summed E-state index contributed by atoms with van der Waals surface area (Å²) in [6.07, 6.45) is 4.64. The van der Waals surface area contributed by atoms with Crippen LogP contribution in [0.2, 0.25) is 0 Å². The van der Waals surface area contributed by atoms with Gasteiger partial charge in [-0.25, -0.2) is 0 Å². The zero-order valence-corrected chi connectivity index (χ0v) is 10.1. The lowest BCUT2D eigenvalue weighted by Gasteiger charge is -2.29. The molecule has 2 rings (SSSR count). The molecule has 2 aliphatic rings. The minimum atomic E-state index is 0.181. The van der Waals surface area contributed by atoms with E-state index in [0.717, 1.165) is 45.4 Å². The van der Waals surface area contributed by atoms with Crippen LogP contribution in [0.4, 0.5) is 0 Å². The maximum Gasteiger partial charge on any atom is 0.224 e. The van der Waals surface area contributed by atoms with Crippen molar-refractivity contribution in [1.29, 1.82) is 0 Å². The van der Waals surface area contributed by atoms with Crippen molar-refractivity contribution < 1.29 is 9.53 Å². The maximum atomic E-state index is 11.9. The lowest BCUT2D eigenvalue weighted by atomic mass is 9.97. The third kappa shape index (κ3) is 3.19. The Bertz CT molecular complexity index is 239. The number of likely N-dealkylation sites (tertiary alicyclic amines) is 1. The largest absolute Gasteiger partial charge is 0.376 e. The lowest BCUT2D eigenvalue weighted by Crippen LogP contribution is -2.43. The first kappa shape index (κ1) is 11.9. The highest BCUT2D eigenvalue weighted by Gasteiger charge is 2.24. The van der Waals surface area contributed by atoms with Crippen molar-refractivity contribution in [1.82, 2.24) is 10.2 Å². The van der Waals surface area contributed by atoms with Crippen LogP contribution in [-0.2, 0) is 9.53 Å². The molecule has 0 radical (unpaired) electrons. The Morgan fingerprint density at radius 1 is 1.44 bits per heavy atom. The molecular weight excluding hydrogens is 204 g/mol. The highest BCUT2D eigenvalue weighted by Crippen LogP contribution is 2.15. The summed E-state index contributed by atoms with van der Waals surface area (Å²) in [7, 11) is 2.08. The first-order valence-corrected chi connectivity index (χ1v) is 6.33. The van der Waals surface area contributed by atoms with Crippen molar-refractivity contribution in [2.45, 2.75) is 31.8 Å². The van der Waals surface area contributed by atoms with Crippen LogP contribution in [0.3, 0.4) is 0 Å². The van der Waals surface area contributed by atoms with E-state index in [2.05, 4.69) is 17.3 Å². The summed E-state index contributed by atoms with van der Waals surface area (Å²) in [5, 5.41) is 3.02. The summed E-state index contributed by atoms with van der Waals surface area (Å²) in [5.74, 6) is 0.391. The molecule has 1 amide bonds. The minimum absolute atomic E-state index is 0.181. The molecule has 92 valence electrons. The van der Waals surface area contributed by atoms with Crippen LogP contribution in [0.25, 0.3) is 0 Å². The van der Waals surface area contributed by atoms with Gasteiger partial charge in [-0.05, 0) is 39.3 Å². The Kier molecular flexibility index (Phi) is 4.18. The molecule has 2 atom stereocenters. The van der Waals surface area contributed by atoms with Crippen LogP contribution in [0.5, 0.6) is 0 Å². The third-order valence-corrected chi connectivity index (χ3v) is 3.52. The Morgan fingerprint density at radius 3 is 3.00 bits per heavy atom. The van der Waals surface area contributed by atoms with Crippen LogP contribution < -0.4 is 5.32 Å². The molecule has 4 nitrogen and oxygen atoms in total. The quantitative estimate of drug-likeness (QED) is 0.767. The maximum absolute atomic E-state index is 11.9. The monoisotopic (exact) mass is 226 g/mol. The zero-order chi connectivity index (χ0) is 11.4. The number of piperidine rings is 1. The van der Waals surface area contributed by atoms with E-state index >= 15 is 0 Å². The fourth-order valence-corrected chi connectivity index (χ4v) is 2.54. The van der Waals surface area contributed by atoms with Gasteiger partial charge in [0, 0.05) is 19.7 Å². The van der Waals surface area contributed by atoms with Gasteiger partial charge in [0.2, 0.25) is 5.91 Å². The fourth-order valence-electron chi connectivity index (χ4n) is 2.54. The lowest BCUT2D eigenvalue weighted by molar-refractivity contribution is -0.127. The Morgan fingerprint density at radius 2 is 2.31 bits per heavy atom. The summed E-state index contributed by atoms with van der Waals surface area (Å²) in [5.41, 5.74) is 0. The SMILES string of the molecule is CN1CCC[C@@H](C(=O)NC[C@H]2CCCO2)C1. The fraction of sp³-hybridized carbons (Fsp3) is 0.917. The number of hydrogen-bond acceptors (Lipinski definition) is 3. The second kappa shape index (κ2) is 5.64. The van der Waals surface area contributed by atoms with Crippen molar-refractivity contribution >= 4 is 5.91 Å². The molecule has 2 fully saturated rings. The molecule has 16 heavy (non-hydrogen) atoms. The molecule has 0 unspecified atom stereocenters. The topological polar surface area (TPSA) is 41.6 Å². The van der Waals surface area contributed by atoms with Gasteiger partial charge < -0.3 is 15.0 Å². The number of ether oxygens (including phenoxy) is 1. The summed E-state index contributed by atoms with van der Waals surface area (Å²) in [6.45, 7) is 3.57. The van der Waals surface area contributed by atoms with Crippen LogP contribution in [0, 0.1) is 5.92 Å². The molecule has 0 aromatic carbocycles. The van der Waals surface area contributed by atoms with Gasteiger partial charge in [-0.2, -0.15) is 0 Å². The first-order chi connectivity index (χ1) is 7.75. The molecule has 0 bridgehead atoms. The Labute approximate surface area is 97.3 Å². The predicted octanol–water partition coefficient (Wildman–Crippen LogP) is 0.623. The third-order valence-electron chi connectivity index (χ3n) is 3.52. The van der Waals surface area contributed by atoms with E-state index in [4.69, 9.17) is 4.74 Å². The summed E-state index contributed by atoms with van der Waals surface area (Å²) >= 11 is 0. The second-order valence-electron chi connectivity index (χ2n) is 4.98. The van der Waals surface area contributed by atoms with Gasteiger partial charge in [-0.15, -0.1) is 0 Å². The molecule has 0 aromatic rings. The van der Waals surface area contributed by atoms with E-state index in [9.17, 15) is 4.79 Å². The summed E-state index contributed by atoms with van der Waals surface area (Å²) < 4.78 is 5.49.